The van der Waals surface area contributed by atoms with Crippen LogP contribution >= 0.6 is 0 Å². The van der Waals surface area contributed by atoms with Crippen LogP contribution < -0.4 is 0 Å². The van der Waals surface area contributed by atoms with Crippen LogP contribution in [-0.2, 0) is 0 Å². The lowest BCUT2D eigenvalue weighted by atomic mass is 9.70. The first-order valence-corrected chi connectivity index (χ1v) is 7.92. The van der Waals surface area contributed by atoms with Crippen molar-refractivity contribution in [1.29, 1.82) is 0 Å². The van der Waals surface area contributed by atoms with Crippen LogP contribution in [0.5, 0.6) is 0 Å². The van der Waals surface area contributed by atoms with E-state index < -0.39 is 0 Å². The van der Waals surface area contributed by atoms with Crippen molar-refractivity contribution in [3.8, 4) is 0 Å². The van der Waals surface area contributed by atoms with Crippen molar-refractivity contribution in [2.45, 2.75) is 78.4 Å². The Morgan fingerprint density at radius 2 is 1.67 bits per heavy atom. The van der Waals surface area contributed by atoms with E-state index in [4.69, 9.17) is 0 Å². The first kappa shape index (κ1) is 16.0. The van der Waals surface area contributed by atoms with E-state index in [0.29, 0.717) is 5.92 Å². The van der Waals surface area contributed by atoms with Gasteiger partial charge >= 0.3 is 0 Å². The number of hydrogen-bond acceptors (Lipinski definition) is 2. The van der Waals surface area contributed by atoms with Crippen molar-refractivity contribution in [3.63, 3.8) is 0 Å². The average molecular weight is 255 g/mol. The second-order valence-corrected chi connectivity index (χ2v) is 6.39. The minimum Gasteiger partial charge on any atom is -0.391 e. The third-order valence-electron chi connectivity index (χ3n) is 5.20. The fourth-order valence-electron chi connectivity index (χ4n) is 3.91. The minimum atomic E-state index is -0.192. The van der Waals surface area contributed by atoms with E-state index in [1.165, 1.54) is 32.1 Å². The molecule has 3 unspecified atom stereocenters. The van der Waals surface area contributed by atoms with E-state index in [1.807, 2.05) is 0 Å². The predicted molar refractivity (Wildman–Crippen MR) is 78.7 cm³/mol. The summed E-state index contributed by atoms with van der Waals surface area (Å²) in [6.45, 7) is 13.1. The predicted octanol–water partition coefficient (Wildman–Crippen LogP) is 3.68. The molecule has 2 heteroatoms. The fourth-order valence-corrected chi connectivity index (χ4v) is 3.91. The Morgan fingerprint density at radius 3 is 2.17 bits per heavy atom. The molecule has 0 aromatic heterocycles. The molecule has 0 spiro atoms. The third-order valence-corrected chi connectivity index (χ3v) is 5.20. The van der Waals surface area contributed by atoms with Crippen molar-refractivity contribution in [3.05, 3.63) is 0 Å². The van der Waals surface area contributed by atoms with Crippen molar-refractivity contribution in [1.82, 2.24) is 4.90 Å². The van der Waals surface area contributed by atoms with Crippen molar-refractivity contribution in [2.75, 3.05) is 13.1 Å². The van der Waals surface area contributed by atoms with Gasteiger partial charge in [-0.3, -0.25) is 4.90 Å². The van der Waals surface area contributed by atoms with E-state index >= 15 is 0 Å². The maximum atomic E-state index is 10.9. The second kappa shape index (κ2) is 6.91. The summed E-state index contributed by atoms with van der Waals surface area (Å²) in [6.07, 6.45) is 6.20. The largest absolute Gasteiger partial charge is 0.391 e. The lowest BCUT2D eigenvalue weighted by molar-refractivity contribution is -0.0636. The van der Waals surface area contributed by atoms with Crippen LogP contribution in [0.3, 0.4) is 0 Å². The van der Waals surface area contributed by atoms with E-state index in [9.17, 15) is 5.11 Å². The number of likely N-dealkylation sites (N-methyl/N-ethyl adjacent to an activating group) is 1. The monoisotopic (exact) mass is 255 g/mol. The maximum Gasteiger partial charge on any atom is 0.0749 e. The van der Waals surface area contributed by atoms with Crippen molar-refractivity contribution < 1.29 is 5.11 Å². The molecule has 3 atom stereocenters. The van der Waals surface area contributed by atoms with Crippen LogP contribution in [0.1, 0.15) is 66.7 Å². The first-order chi connectivity index (χ1) is 8.48. The summed E-state index contributed by atoms with van der Waals surface area (Å²) in [4.78, 5) is 2.40. The van der Waals surface area contributed by atoms with Crippen LogP contribution in [0, 0.1) is 11.8 Å². The molecule has 108 valence electrons. The highest BCUT2D eigenvalue weighted by Crippen LogP contribution is 2.38. The van der Waals surface area contributed by atoms with Gasteiger partial charge in [0.15, 0.2) is 0 Å². The summed E-state index contributed by atoms with van der Waals surface area (Å²) < 4.78 is 0. The molecule has 1 aliphatic carbocycles. The number of hydrogen-bond donors (Lipinski definition) is 1. The Bertz CT molecular complexity index is 235. The zero-order valence-corrected chi connectivity index (χ0v) is 13.1. The molecule has 2 nitrogen and oxygen atoms in total. The van der Waals surface area contributed by atoms with Gasteiger partial charge in [-0.25, -0.2) is 0 Å². The topological polar surface area (TPSA) is 23.5 Å². The zero-order chi connectivity index (χ0) is 13.8. The SMILES string of the molecule is CCC1CCCCC1C(O)C(C)(C)N(CC)CC. The highest BCUT2D eigenvalue weighted by Gasteiger charge is 2.41. The molecule has 0 amide bonds. The summed E-state index contributed by atoms with van der Waals surface area (Å²) in [5.74, 6) is 1.22. The number of aliphatic hydroxyl groups is 1. The van der Waals surface area contributed by atoms with Gasteiger partial charge in [-0.1, -0.05) is 46.5 Å². The van der Waals surface area contributed by atoms with Gasteiger partial charge in [0, 0.05) is 5.54 Å². The van der Waals surface area contributed by atoms with Gasteiger partial charge in [0.05, 0.1) is 6.10 Å². The van der Waals surface area contributed by atoms with Crippen LogP contribution in [0.25, 0.3) is 0 Å². The quantitative estimate of drug-likeness (QED) is 0.782. The normalized spacial score (nSPS) is 27.5. The number of rotatable bonds is 6. The molecular formula is C16H33NO. The van der Waals surface area contributed by atoms with E-state index in [0.717, 1.165) is 19.0 Å². The summed E-state index contributed by atoms with van der Waals surface area (Å²) in [6, 6.07) is 0. The van der Waals surface area contributed by atoms with Gasteiger partial charge in [0.1, 0.15) is 0 Å². The third kappa shape index (κ3) is 3.27. The molecule has 0 aromatic carbocycles. The summed E-state index contributed by atoms with van der Waals surface area (Å²) in [5, 5.41) is 10.9. The minimum absolute atomic E-state index is 0.0983. The van der Waals surface area contributed by atoms with Crippen LogP contribution in [-0.4, -0.2) is 34.7 Å². The standard InChI is InChI=1S/C16H33NO/c1-6-13-11-9-10-12-14(13)15(18)16(4,5)17(7-2)8-3/h13-15,18H,6-12H2,1-5H3. The Labute approximate surface area is 114 Å². The van der Waals surface area contributed by atoms with Gasteiger partial charge in [-0.05, 0) is 45.2 Å². The highest BCUT2D eigenvalue weighted by atomic mass is 16.3. The molecular weight excluding hydrogens is 222 g/mol. The van der Waals surface area contributed by atoms with Gasteiger partial charge in [-0.2, -0.15) is 0 Å². The molecule has 0 aromatic rings. The van der Waals surface area contributed by atoms with Gasteiger partial charge < -0.3 is 5.11 Å². The lowest BCUT2D eigenvalue weighted by Crippen LogP contribution is -2.56. The van der Waals surface area contributed by atoms with Crippen molar-refractivity contribution in [2.24, 2.45) is 11.8 Å². The number of nitrogens with zero attached hydrogens (tertiary/aromatic N) is 1. The fraction of sp³-hybridized carbons (Fsp3) is 1.00. The van der Waals surface area contributed by atoms with E-state index in [1.54, 1.807) is 0 Å². The lowest BCUT2D eigenvalue weighted by Gasteiger charge is -2.47. The van der Waals surface area contributed by atoms with Gasteiger partial charge in [0.2, 0.25) is 0 Å². The Hall–Kier alpha value is -0.0800. The van der Waals surface area contributed by atoms with Crippen LogP contribution in [0.4, 0.5) is 0 Å². The molecule has 1 saturated carbocycles. The van der Waals surface area contributed by atoms with E-state index in [2.05, 4.69) is 39.5 Å². The molecule has 1 N–H and O–H groups in total. The average Bonchev–Trinajstić information content (AvgIpc) is 2.38. The molecule has 18 heavy (non-hydrogen) atoms. The molecule has 1 rings (SSSR count). The maximum absolute atomic E-state index is 10.9. The Kier molecular flexibility index (Phi) is 6.13. The van der Waals surface area contributed by atoms with Gasteiger partial charge in [-0.15, -0.1) is 0 Å². The molecule has 0 heterocycles. The Balaban J connectivity index is 2.79. The zero-order valence-electron chi connectivity index (χ0n) is 13.1. The number of aliphatic hydroxyl groups excluding tert-OH is 1. The summed E-state index contributed by atoms with van der Waals surface area (Å²) >= 11 is 0. The Morgan fingerprint density at radius 1 is 1.11 bits per heavy atom. The second-order valence-electron chi connectivity index (χ2n) is 6.39. The summed E-state index contributed by atoms with van der Waals surface area (Å²) in [7, 11) is 0. The van der Waals surface area contributed by atoms with Gasteiger partial charge in [0.25, 0.3) is 0 Å². The molecule has 1 fully saturated rings. The molecule has 0 radical (unpaired) electrons. The molecule has 1 aliphatic rings. The first-order valence-electron chi connectivity index (χ1n) is 7.92. The molecule has 0 aliphatic heterocycles. The smallest absolute Gasteiger partial charge is 0.0749 e. The highest BCUT2D eigenvalue weighted by molar-refractivity contribution is 4.94. The van der Waals surface area contributed by atoms with Crippen LogP contribution in [0.15, 0.2) is 0 Å². The van der Waals surface area contributed by atoms with Crippen molar-refractivity contribution >= 4 is 0 Å². The van der Waals surface area contributed by atoms with E-state index in [-0.39, 0.29) is 11.6 Å². The summed E-state index contributed by atoms with van der Waals surface area (Å²) in [5.41, 5.74) is -0.0983. The van der Waals surface area contributed by atoms with Crippen LogP contribution in [0.2, 0.25) is 0 Å². The molecule has 0 bridgehead atoms. The molecule has 0 saturated heterocycles.